The van der Waals surface area contributed by atoms with E-state index in [0.29, 0.717) is 11.5 Å². The summed E-state index contributed by atoms with van der Waals surface area (Å²) in [4.78, 5) is 5.05. The first-order chi connectivity index (χ1) is 38.8. The van der Waals surface area contributed by atoms with E-state index in [1.807, 2.05) is 6.20 Å². The predicted molar refractivity (Wildman–Crippen MR) is 340 cm³/mol. The summed E-state index contributed by atoms with van der Waals surface area (Å²) in [6, 6.07) is 78.0. The van der Waals surface area contributed by atoms with Gasteiger partial charge in [-0.05, 0) is 102 Å². The Balaban J connectivity index is 0.00000769. The largest absolute Gasteiger partial charge is 0.510 e. The third kappa shape index (κ3) is 11.2. The normalized spacial score (nSPS) is 12.7. The Hall–Kier alpha value is -7.59. The molecule has 0 aliphatic heterocycles. The van der Waals surface area contributed by atoms with Crippen molar-refractivity contribution in [2.24, 2.45) is 0 Å². The first kappa shape index (κ1) is 58.6. The van der Waals surface area contributed by atoms with Crippen LogP contribution in [0.1, 0.15) is 154 Å². The standard InChI is InChI=1S/C77H78N4O.Pt/c1-72(2,3)57-40-41-78-69(48-57)81-67-39-36-58(75(10,11)54-30-22-17-23-31-54)47-66(67)65-38-37-63(50-68(65)81)82-64-46-60(74(7,8)9)45-62(49-64)80-51-79(61-43-53(52-28-20-16-21-29-52)42-59(44-61)73(4,5)6)70(76(12,13)55-32-24-18-25-33-55)71(80)77(14,15)56-34-26-19-27-35-56;/h16-48H,1-15H3;/q-2;. The van der Waals surface area contributed by atoms with E-state index in [9.17, 15) is 0 Å². The van der Waals surface area contributed by atoms with Crippen LogP contribution in [0.15, 0.2) is 200 Å². The number of hydrogen-bond donors (Lipinski definition) is 0. The van der Waals surface area contributed by atoms with E-state index >= 15 is 0 Å². The fraction of sp³-hybridized carbons (Fsp3) is 0.273. The number of ether oxygens (including phenoxy) is 1. The summed E-state index contributed by atoms with van der Waals surface area (Å²) in [5.41, 5.74) is 15.0. The van der Waals surface area contributed by atoms with Crippen molar-refractivity contribution in [3.8, 4) is 39.8 Å². The molecule has 0 aliphatic rings. The Kier molecular flexibility index (Phi) is 15.4. The molecule has 0 spiro atoms. The van der Waals surface area contributed by atoms with E-state index in [2.05, 4.69) is 330 Å². The summed E-state index contributed by atoms with van der Waals surface area (Å²) in [5, 5.41) is 2.21. The molecule has 8 aromatic carbocycles. The van der Waals surface area contributed by atoms with E-state index in [1.54, 1.807) is 0 Å². The van der Waals surface area contributed by atoms with Gasteiger partial charge in [0.2, 0.25) is 0 Å². The van der Waals surface area contributed by atoms with Gasteiger partial charge in [0, 0.05) is 60.5 Å². The van der Waals surface area contributed by atoms with Gasteiger partial charge in [0.15, 0.2) is 0 Å². The molecule has 11 aromatic rings. The second-order valence-electron chi connectivity index (χ2n) is 27.1. The third-order valence-corrected chi connectivity index (χ3v) is 17.1. The molecule has 5 nitrogen and oxygen atoms in total. The van der Waals surface area contributed by atoms with Gasteiger partial charge >= 0.3 is 0 Å². The van der Waals surface area contributed by atoms with Crippen LogP contribution in [-0.4, -0.2) is 14.1 Å². The Labute approximate surface area is 508 Å². The molecular weight excluding hydrogens is 1190 g/mol. The molecule has 0 N–H and O–H groups in total. The second kappa shape index (κ2) is 21.9. The maximum absolute atomic E-state index is 7.19. The van der Waals surface area contributed by atoms with Crippen LogP contribution in [0.5, 0.6) is 11.5 Å². The van der Waals surface area contributed by atoms with Crippen molar-refractivity contribution in [2.45, 2.75) is 136 Å². The molecule has 0 unspecified atom stereocenters. The van der Waals surface area contributed by atoms with Gasteiger partial charge in [0.1, 0.15) is 5.82 Å². The number of pyridine rings is 1. The van der Waals surface area contributed by atoms with E-state index in [0.717, 1.165) is 61.5 Å². The molecule has 6 heteroatoms. The smallest absolute Gasteiger partial charge is 0.267 e. The van der Waals surface area contributed by atoms with E-state index < -0.39 is 10.8 Å². The van der Waals surface area contributed by atoms with Crippen LogP contribution < -0.4 is 9.30 Å². The molecule has 0 atom stereocenters. The van der Waals surface area contributed by atoms with Gasteiger partial charge in [-0.3, -0.25) is 4.57 Å². The SMILES string of the molecule is CC(C)(C)c1cc(Oc2[c-]c3c(cc2)c2cc(C(C)(C)c4ccccc4)ccc2n3-c2cc(C(C)(C)C)ccn2)[c-]c(-n2[c-][n+](-c3cc(-c4ccccc4)cc(C(C)(C)C)c3)c(C(C)(C)c3ccccc3)c2C(C)(C)c2ccccc2)c1.[Pt]. The molecule has 11 rings (SSSR count). The van der Waals surface area contributed by atoms with Crippen molar-refractivity contribution >= 4 is 21.8 Å². The number of hydrogen-bond acceptors (Lipinski definition) is 2. The molecule has 3 heterocycles. The van der Waals surface area contributed by atoms with Crippen molar-refractivity contribution in [2.75, 3.05) is 0 Å². The first-order valence-corrected chi connectivity index (χ1v) is 29.0. The summed E-state index contributed by atoms with van der Waals surface area (Å²) in [6.07, 6.45) is 6.03. The second-order valence-corrected chi connectivity index (χ2v) is 27.1. The van der Waals surface area contributed by atoms with Crippen molar-refractivity contribution < 1.29 is 30.4 Å². The van der Waals surface area contributed by atoms with Crippen LogP contribution in [-0.2, 0) is 53.6 Å². The van der Waals surface area contributed by atoms with Gasteiger partial charge in [0.25, 0.3) is 6.33 Å². The Morgan fingerprint density at radius 2 is 0.976 bits per heavy atom. The fourth-order valence-electron chi connectivity index (χ4n) is 11.8. The zero-order valence-electron chi connectivity index (χ0n) is 51.1. The summed E-state index contributed by atoms with van der Waals surface area (Å²) in [5.74, 6) is 2.00. The fourth-order valence-corrected chi connectivity index (χ4v) is 11.8. The number of rotatable bonds is 12. The molecule has 0 saturated carbocycles. The number of imidazole rings is 1. The Bertz CT molecular complexity index is 4130. The van der Waals surface area contributed by atoms with Crippen molar-refractivity contribution in [3.05, 3.63) is 269 Å². The van der Waals surface area contributed by atoms with Crippen molar-refractivity contribution in [3.63, 3.8) is 0 Å². The van der Waals surface area contributed by atoms with Crippen LogP contribution in [0, 0.1) is 18.5 Å². The zero-order chi connectivity index (χ0) is 58.1. The Morgan fingerprint density at radius 3 is 1.57 bits per heavy atom. The summed E-state index contributed by atoms with van der Waals surface area (Å²) < 4.78 is 14.1. The van der Waals surface area contributed by atoms with Gasteiger partial charge in [-0.2, -0.15) is 17.7 Å². The monoisotopic (exact) mass is 1270 g/mol. The molecule has 0 radical (unpaired) electrons. The molecule has 0 saturated heterocycles. The van der Waals surface area contributed by atoms with Gasteiger partial charge in [-0.15, -0.1) is 29.7 Å². The van der Waals surface area contributed by atoms with Crippen LogP contribution in [0.4, 0.5) is 0 Å². The predicted octanol–water partition coefficient (Wildman–Crippen LogP) is 19.0. The minimum Gasteiger partial charge on any atom is -0.510 e. The average molecular weight is 1270 g/mol. The molecule has 0 bridgehead atoms. The first-order valence-electron chi connectivity index (χ1n) is 29.0. The topological polar surface area (TPSA) is 35.9 Å². The van der Waals surface area contributed by atoms with Crippen molar-refractivity contribution in [1.29, 1.82) is 0 Å². The number of nitrogens with zero attached hydrogens (tertiary/aromatic N) is 4. The van der Waals surface area contributed by atoms with Crippen LogP contribution in [0.2, 0.25) is 0 Å². The van der Waals surface area contributed by atoms with E-state index in [-0.39, 0.29) is 42.7 Å². The molecule has 0 aliphatic carbocycles. The molecule has 83 heavy (non-hydrogen) atoms. The zero-order valence-corrected chi connectivity index (χ0v) is 53.3. The summed E-state index contributed by atoms with van der Waals surface area (Å²) in [7, 11) is 0. The minimum atomic E-state index is -0.554. The molecule has 3 aromatic heterocycles. The maximum atomic E-state index is 7.19. The summed E-state index contributed by atoms with van der Waals surface area (Å²) >= 11 is 0. The van der Waals surface area contributed by atoms with Crippen LogP contribution in [0.3, 0.4) is 0 Å². The van der Waals surface area contributed by atoms with Crippen LogP contribution >= 0.6 is 0 Å². The van der Waals surface area contributed by atoms with Gasteiger partial charge in [-0.1, -0.05) is 249 Å². The molecule has 0 amide bonds. The van der Waals surface area contributed by atoms with Gasteiger partial charge in [-0.25, -0.2) is 4.98 Å². The minimum absolute atomic E-state index is 0. The van der Waals surface area contributed by atoms with Gasteiger partial charge < -0.3 is 13.9 Å². The number of benzene rings is 8. The average Bonchev–Trinajstić information content (AvgIpc) is 3.05. The number of aromatic nitrogens is 4. The number of fused-ring (bicyclic) bond motifs is 3. The molecule has 0 fully saturated rings. The molecule has 424 valence electrons. The third-order valence-electron chi connectivity index (χ3n) is 17.1. The summed E-state index contributed by atoms with van der Waals surface area (Å²) in [6.45, 7) is 34.5. The van der Waals surface area contributed by atoms with Gasteiger partial charge in [0.05, 0.1) is 17.1 Å². The van der Waals surface area contributed by atoms with E-state index in [1.165, 1.54) is 38.9 Å². The molecular formula is C77H78N4OPt-2. The quantitative estimate of drug-likeness (QED) is 0.0903. The maximum Gasteiger partial charge on any atom is 0.267 e. The van der Waals surface area contributed by atoms with Crippen molar-refractivity contribution in [1.82, 2.24) is 14.1 Å². The van der Waals surface area contributed by atoms with E-state index in [4.69, 9.17) is 9.72 Å². The van der Waals surface area contributed by atoms with Crippen LogP contribution in [0.25, 0.3) is 50.1 Å². The Morgan fingerprint density at radius 1 is 0.422 bits per heavy atom.